The van der Waals surface area contributed by atoms with E-state index in [0.717, 1.165) is 4.47 Å². The normalized spacial score (nSPS) is 21.1. The molecule has 1 aromatic heterocycles. The predicted octanol–water partition coefficient (Wildman–Crippen LogP) is -0.569. The molecule has 0 saturated carbocycles. The first-order valence-corrected chi connectivity index (χ1v) is 4.60. The molecule has 2 heterocycles. The number of hydrogen-bond acceptors (Lipinski definition) is 5. The summed E-state index contributed by atoms with van der Waals surface area (Å²) in [6, 6.07) is 1.70. The fourth-order valence-electron chi connectivity index (χ4n) is 1.07. The molecular weight excluding hydrogens is 253 g/mol. The highest BCUT2D eigenvalue weighted by Gasteiger charge is 2.40. The molecule has 1 aliphatic rings. The van der Waals surface area contributed by atoms with Crippen LogP contribution in [0, 0.1) is 0 Å². The minimum atomic E-state index is -1.50. The Hall–Kier alpha value is -0.915. The first kappa shape index (κ1) is 9.63. The molecule has 0 bridgehead atoms. The average Bonchev–Trinajstić information content (AvgIpc) is 2.47. The van der Waals surface area contributed by atoms with Crippen molar-refractivity contribution < 1.29 is 19.2 Å². The Morgan fingerprint density at radius 3 is 2.93 bits per heavy atom. The Balaban J connectivity index is 2.21. The van der Waals surface area contributed by atoms with E-state index >= 15 is 0 Å². The summed E-state index contributed by atoms with van der Waals surface area (Å²) in [7, 11) is -0.873. The van der Waals surface area contributed by atoms with E-state index in [0.29, 0.717) is 5.46 Å². The van der Waals surface area contributed by atoms with Crippen LogP contribution in [0.1, 0.15) is 0 Å². The van der Waals surface area contributed by atoms with Crippen molar-refractivity contribution in [2.75, 3.05) is 0 Å². The van der Waals surface area contributed by atoms with Crippen molar-refractivity contribution in [3.8, 4) is 0 Å². The van der Waals surface area contributed by atoms with Gasteiger partial charge in [-0.15, -0.1) is 0 Å². The number of aliphatic hydroxyl groups is 1. The lowest BCUT2D eigenvalue weighted by Gasteiger charge is -2.02. The van der Waals surface area contributed by atoms with Gasteiger partial charge in [0.25, 0.3) is 0 Å². The highest BCUT2D eigenvalue weighted by molar-refractivity contribution is 9.10. The topological polar surface area (TPSA) is 68.7 Å². The Bertz CT molecular complexity index is 374. The smallest absolute Gasteiger partial charge is 0.502 e. The van der Waals surface area contributed by atoms with Crippen LogP contribution in [0.15, 0.2) is 22.9 Å². The number of rotatable bonds is 1. The fourth-order valence-corrected chi connectivity index (χ4v) is 1.45. The van der Waals surface area contributed by atoms with Crippen LogP contribution in [-0.4, -0.2) is 29.5 Å². The van der Waals surface area contributed by atoms with Crippen molar-refractivity contribution in [2.24, 2.45) is 0 Å². The highest BCUT2D eigenvalue weighted by atomic mass is 79.9. The van der Waals surface area contributed by atoms with E-state index in [1.807, 2.05) is 0 Å². The van der Waals surface area contributed by atoms with E-state index in [1.165, 1.54) is 6.20 Å². The first-order chi connectivity index (χ1) is 6.66. The van der Waals surface area contributed by atoms with Crippen molar-refractivity contribution in [3.63, 3.8) is 0 Å². The van der Waals surface area contributed by atoms with Crippen LogP contribution in [0.3, 0.4) is 0 Å². The molecule has 0 amide bonds. The highest BCUT2D eigenvalue weighted by Crippen LogP contribution is 2.10. The van der Waals surface area contributed by atoms with Gasteiger partial charge in [-0.05, 0) is 22.0 Å². The quantitative estimate of drug-likeness (QED) is 0.683. The lowest BCUT2D eigenvalue weighted by atomic mass is 9.81. The molecule has 14 heavy (non-hydrogen) atoms. The van der Waals surface area contributed by atoms with Crippen molar-refractivity contribution in [1.82, 2.24) is 4.98 Å². The van der Waals surface area contributed by atoms with E-state index in [1.54, 1.807) is 12.3 Å². The molecule has 72 valence electrons. The van der Waals surface area contributed by atoms with Crippen LogP contribution in [0.2, 0.25) is 0 Å². The zero-order valence-electron chi connectivity index (χ0n) is 6.88. The SMILES string of the molecule is O=C1OB(c2cncc(Br)c2)OC1O. The van der Waals surface area contributed by atoms with Crippen LogP contribution in [0.25, 0.3) is 0 Å². The van der Waals surface area contributed by atoms with Gasteiger partial charge in [0, 0.05) is 22.3 Å². The minimum absolute atomic E-state index is 0.573. The molecule has 7 heteroatoms. The summed E-state index contributed by atoms with van der Waals surface area (Å²) in [4.78, 5) is 14.7. The molecule has 2 rings (SSSR count). The van der Waals surface area contributed by atoms with E-state index in [-0.39, 0.29) is 0 Å². The molecule has 0 radical (unpaired) electrons. The average molecular weight is 258 g/mol. The van der Waals surface area contributed by atoms with E-state index in [2.05, 4.69) is 20.9 Å². The van der Waals surface area contributed by atoms with E-state index in [4.69, 9.17) is 14.4 Å². The minimum Gasteiger partial charge on any atom is -0.502 e. The van der Waals surface area contributed by atoms with Gasteiger partial charge in [0.05, 0.1) is 0 Å². The number of nitrogens with zero attached hydrogens (tertiary/aromatic N) is 1. The van der Waals surface area contributed by atoms with Crippen LogP contribution in [-0.2, 0) is 14.1 Å². The Labute approximate surface area is 88.3 Å². The molecule has 1 aromatic rings. The van der Waals surface area contributed by atoms with E-state index in [9.17, 15) is 4.79 Å². The molecule has 1 unspecified atom stereocenters. The lowest BCUT2D eigenvalue weighted by Crippen LogP contribution is -2.32. The third-order valence-electron chi connectivity index (χ3n) is 1.68. The summed E-state index contributed by atoms with van der Waals surface area (Å²) in [5, 5.41) is 8.97. The van der Waals surface area contributed by atoms with Gasteiger partial charge in [-0.2, -0.15) is 0 Å². The van der Waals surface area contributed by atoms with Gasteiger partial charge in [0.2, 0.25) is 6.29 Å². The Morgan fingerprint density at radius 1 is 1.57 bits per heavy atom. The summed E-state index contributed by atoms with van der Waals surface area (Å²) in [6.07, 6.45) is 1.59. The second-order valence-electron chi connectivity index (χ2n) is 2.69. The van der Waals surface area contributed by atoms with Gasteiger partial charge in [-0.3, -0.25) is 4.98 Å². The predicted molar refractivity (Wildman–Crippen MR) is 50.5 cm³/mol. The number of hydrogen-bond donors (Lipinski definition) is 1. The molecule has 0 spiro atoms. The van der Waals surface area contributed by atoms with Crippen LogP contribution < -0.4 is 5.46 Å². The van der Waals surface area contributed by atoms with Crippen LogP contribution in [0.5, 0.6) is 0 Å². The van der Waals surface area contributed by atoms with Gasteiger partial charge in [-0.1, -0.05) is 0 Å². The third-order valence-corrected chi connectivity index (χ3v) is 2.11. The molecule has 1 N–H and O–H groups in total. The molecule has 1 atom stereocenters. The lowest BCUT2D eigenvalue weighted by molar-refractivity contribution is -0.148. The maximum Gasteiger partial charge on any atom is 0.568 e. The number of aliphatic hydroxyl groups excluding tert-OH is 1. The number of pyridine rings is 1. The molecule has 5 nitrogen and oxygen atoms in total. The number of carbonyl (C=O) groups excluding carboxylic acids is 1. The maximum absolute atomic E-state index is 10.8. The van der Waals surface area contributed by atoms with Crippen LogP contribution in [0.4, 0.5) is 0 Å². The van der Waals surface area contributed by atoms with Crippen molar-refractivity contribution >= 4 is 34.5 Å². The van der Waals surface area contributed by atoms with Gasteiger partial charge in [0.15, 0.2) is 0 Å². The van der Waals surface area contributed by atoms with E-state index < -0.39 is 19.4 Å². The van der Waals surface area contributed by atoms with Crippen molar-refractivity contribution in [2.45, 2.75) is 6.29 Å². The number of carbonyl (C=O) groups is 1. The van der Waals surface area contributed by atoms with Gasteiger partial charge < -0.3 is 14.4 Å². The zero-order chi connectivity index (χ0) is 10.1. The summed E-state index contributed by atoms with van der Waals surface area (Å²) < 4.78 is 10.3. The molecular formula is C7H5BBrNO4. The fraction of sp³-hybridized carbons (Fsp3) is 0.143. The standard InChI is InChI=1S/C7H5BBrNO4/c9-5-1-4(2-10-3-5)8-13-6(11)7(12)14-8/h1-3,6,11H. The van der Waals surface area contributed by atoms with Gasteiger partial charge >= 0.3 is 13.1 Å². The molecule has 0 aromatic carbocycles. The molecule has 1 fully saturated rings. The summed E-state index contributed by atoms with van der Waals surface area (Å²) in [5.74, 6) is -0.782. The Morgan fingerprint density at radius 2 is 2.36 bits per heavy atom. The van der Waals surface area contributed by atoms with Crippen molar-refractivity contribution in [3.05, 3.63) is 22.9 Å². The van der Waals surface area contributed by atoms with Crippen LogP contribution >= 0.6 is 15.9 Å². The monoisotopic (exact) mass is 257 g/mol. The van der Waals surface area contributed by atoms with Crippen molar-refractivity contribution in [1.29, 1.82) is 0 Å². The summed E-state index contributed by atoms with van der Waals surface area (Å²) >= 11 is 3.22. The molecule has 0 aliphatic carbocycles. The molecule has 1 saturated heterocycles. The molecule has 1 aliphatic heterocycles. The zero-order valence-corrected chi connectivity index (χ0v) is 8.47. The second-order valence-corrected chi connectivity index (χ2v) is 3.61. The largest absolute Gasteiger partial charge is 0.568 e. The number of halogens is 1. The third kappa shape index (κ3) is 1.79. The second kappa shape index (κ2) is 3.68. The van der Waals surface area contributed by atoms with Gasteiger partial charge in [0.1, 0.15) is 0 Å². The number of aromatic nitrogens is 1. The first-order valence-electron chi connectivity index (χ1n) is 3.81. The van der Waals surface area contributed by atoms with Gasteiger partial charge in [-0.25, -0.2) is 4.79 Å². The Kier molecular flexibility index (Phi) is 2.53. The maximum atomic E-state index is 10.8. The summed E-state index contributed by atoms with van der Waals surface area (Å²) in [5.41, 5.74) is 0.573. The summed E-state index contributed by atoms with van der Waals surface area (Å²) in [6.45, 7) is 0.